The third-order valence-corrected chi connectivity index (χ3v) is 6.67. The molecule has 8 nitrogen and oxygen atoms in total. The van der Waals surface area contributed by atoms with Crippen LogP contribution in [0.4, 0.5) is 8.78 Å². The maximum absolute atomic E-state index is 13.5. The number of nitrogens with zero attached hydrogens (tertiary/aromatic N) is 2. The van der Waals surface area contributed by atoms with Crippen LogP contribution in [0.5, 0.6) is 0 Å². The number of pyridine rings is 1. The van der Waals surface area contributed by atoms with Crippen molar-refractivity contribution in [2.24, 2.45) is 5.92 Å². The van der Waals surface area contributed by atoms with E-state index >= 15 is 0 Å². The molecule has 0 saturated heterocycles. The number of likely N-dealkylation sites (N-methyl/N-ethyl adjacent to an activating group) is 1. The molecule has 1 heterocycles. The SMILES string of the molecule is C[C@H](C(=O)N[C@H](Cc1ccccc1)C(=O)C(=O)NCc1ccccn1)N(C)C(=O)C1CCC(F)(F)CC1. The Hall–Kier alpha value is -3.69. The van der Waals surface area contributed by atoms with Crippen molar-refractivity contribution < 1.29 is 28.0 Å². The molecule has 37 heavy (non-hydrogen) atoms. The number of carbonyl (C=O) groups is 4. The molecule has 0 bridgehead atoms. The third kappa shape index (κ3) is 7.90. The fraction of sp³-hybridized carbons (Fsp3) is 0.444. The van der Waals surface area contributed by atoms with Gasteiger partial charge in [0.05, 0.1) is 12.2 Å². The average molecular weight is 515 g/mol. The molecule has 0 radical (unpaired) electrons. The van der Waals surface area contributed by atoms with E-state index in [0.717, 1.165) is 5.56 Å². The summed E-state index contributed by atoms with van der Waals surface area (Å²) in [5.41, 5.74) is 1.31. The van der Waals surface area contributed by atoms with Gasteiger partial charge in [-0.15, -0.1) is 0 Å². The second-order valence-corrected chi connectivity index (χ2v) is 9.37. The van der Waals surface area contributed by atoms with Crippen molar-refractivity contribution >= 4 is 23.5 Å². The maximum Gasteiger partial charge on any atom is 0.289 e. The first-order chi connectivity index (χ1) is 17.6. The molecular weight excluding hydrogens is 482 g/mol. The van der Waals surface area contributed by atoms with E-state index in [2.05, 4.69) is 15.6 Å². The quantitative estimate of drug-likeness (QED) is 0.474. The molecule has 1 aromatic carbocycles. The Labute approximate surface area is 214 Å². The minimum Gasteiger partial charge on any atom is -0.344 e. The highest BCUT2D eigenvalue weighted by Crippen LogP contribution is 2.36. The summed E-state index contributed by atoms with van der Waals surface area (Å²) in [5.74, 6) is -6.06. The third-order valence-electron chi connectivity index (χ3n) is 6.67. The summed E-state index contributed by atoms with van der Waals surface area (Å²) in [4.78, 5) is 56.9. The van der Waals surface area contributed by atoms with E-state index in [9.17, 15) is 28.0 Å². The Bertz CT molecular complexity index is 1090. The van der Waals surface area contributed by atoms with Crippen LogP contribution < -0.4 is 10.6 Å². The van der Waals surface area contributed by atoms with Gasteiger partial charge in [0, 0.05) is 38.4 Å². The number of Topliss-reactive ketones (excluding diaryl/α,β-unsaturated/α-hetero) is 1. The van der Waals surface area contributed by atoms with Crippen molar-refractivity contribution in [3.05, 3.63) is 66.0 Å². The fourth-order valence-corrected chi connectivity index (χ4v) is 4.21. The Kier molecular flexibility index (Phi) is 9.43. The molecule has 198 valence electrons. The minimum atomic E-state index is -2.76. The van der Waals surface area contributed by atoms with Crippen LogP contribution in [-0.4, -0.2) is 58.4 Å². The Morgan fingerprint density at radius 3 is 2.32 bits per heavy atom. The van der Waals surface area contributed by atoms with E-state index in [4.69, 9.17) is 0 Å². The van der Waals surface area contributed by atoms with Crippen molar-refractivity contribution in [3.8, 4) is 0 Å². The van der Waals surface area contributed by atoms with Crippen LogP contribution in [0, 0.1) is 5.92 Å². The average Bonchev–Trinajstić information content (AvgIpc) is 2.90. The van der Waals surface area contributed by atoms with Crippen LogP contribution in [0.2, 0.25) is 0 Å². The fourth-order valence-electron chi connectivity index (χ4n) is 4.21. The minimum absolute atomic E-state index is 0.0471. The predicted molar refractivity (Wildman–Crippen MR) is 132 cm³/mol. The smallest absolute Gasteiger partial charge is 0.289 e. The number of ketones is 1. The molecule has 2 N–H and O–H groups in total. The number of nitrogens with one attached hydrogen (secondary N) is 2. The van der Waals surface area contributed by atoms with Gasteiger partial charge in [0.1, 0.15) is 12.1 Å². The monoisotopic (exact) mass is 514 g/mol. The molecule has 2 aromatic rings. The first kappa shape index (κ1) is 27.9. The maximum atomic E-state index is 13.5. The van der Waals surface area contributed by atoms with Crippen LogP contribution in [0.3, 0.4) is 0 Å². The first-order valence-electron chi connectivity index (χ1n) is 12.3. The summed E-state index contributed by atoms with van der Waals surface area (Å²) < 4.78 is 27.0. The van der Waals surface area contributed by atoms with E-state index in [1.807, 2.05) is 6.07 Å². The summed E-state index contributed by atoms with van der Waals surface area (Å²) in [6.07, 6.45) is 1.02. The zero-order chi connectivity index (χ0) is 27.0. The Morgan fingerprint density at radius 2 is 1.70 bits per heavy atom. The van der Waals surface area contributed by atoms with Crippen molar-refractivity contribution in [2.75, 3.05) is 7.05 Å². The summed E-state index contributed by atoms with van der Waals surface area (Å²) in [6, 6.07) is 12.0. The molecule has 0 unspecified atom stereocenters. The van der Waals surface area contributed by atoms with Crippen molar-refractivity contribution in [2.45, 2.75) is 63.6 Å². The van der Waals surface area contributed by atoms with E-state index in [1.54, 1.807) is 48.7 Å². The van der Waals surface area contributed by atoms with Crippen molar-refractivity contribution in [3.63, 3.8) is 0 Å². The molecular formula is C27H32F2N4O4. The lowest BCUT2D eigenvalue weighted by Gasteiger charge is -2.33. The highest BCUT2D eigenvalue weighted by molar-refractivity contribution is 6.38. The van der Waals surface area contributed by atoms with E-state index < -0.39 is 47.4 Å². The van der Waals surface area contributed by atoms with Crippen molar-refractivity contribution in [1.82, 2.24) is 20.5 Å². The van der Waals surface area contributed by atoms with Crippen LogP contribution >= 0.6 is 0 Å². The molecule has 3 amide bonds. The van der Waals surface area contributed by atoms with E-state index in [0.29, 0.717) is 5.69 Å². The highest BCUT2D eigenvalue weighted by Gasteiger charge is 2.39. The summed E-state index contributed by atoms with van der Waals surface area (Å²) in [5, 5.41) is 5.15. The zero-order valence-electron chi connectivity index (χ0n) is 21.0. The second kappa shape index (κ2) is 12.5. The molecule has 0 aliphatic heterocycles. The van der Waals surface area contributed by atoms with Gasteiger partial charge in [-0.05, 0) is 37.5 Å². The van der Waals surface area contributed by atoms with Gasteiger partial charge in [-0.1, -0.05) is 36.4 Å². The number of benzene rings is 1. The molecule has 2 atom stereocenters. The zero-order valence-corrected chi connectivity index (χ0v) is 21.0. The largest absolute Gasteiger partial charge is 0.344 e. The highest BCUT2D eigenvalue weighted by atomic mass is 19.3. The van der Waals surface area contributed by atoms with E-state index in [-0.39, 0.29) is 38.6 Å². The number of halogens is 2. The van der Waals surface area contributed by atoms with Crippen LogP contribution in [0.15, 0.2) is 54.7 Å². The van der Waals surface area contributed by atoms with E-state index in [1.165, 1.54) is 18.9 Å². The normalized spacial score (nSPS) is 16.8. The number of hydrogen-bond acceptors (Lipinski definition) is 5. The van der Waals surface area contributed by atoms with Gasteiger partial charge >= 0.3 is 0 Å². The lowest BCUT2D eigenvalue weighted by Crippen LogP contribution is -2.54. The van der Waals surface area contributed by atoms with Crippen LogP contribution in [0.1, 0.15) is 43.9 Å². The van der Waals surface area contributed by atoms with Gasteiger partial charge in [0.15, 0.2) is 0 Å². The van der Waals surface area contributed by atoms with Crippen molar-refractivity contribution in [1.29, 1.82) is 0 Å². The molecule has 10 heteroatoms. The first-order valence-corrected chi connectivity index (χ1v) is 12.3. The number of alkyl halides is 2. The molecule has 1 aromatic heterocycles. The lowest BCUT2D eigenvalue weighted by atomic mass is 9.85. The Morgan fingerprint density at radius 1 is 1.05 bits per heavy atom. The van der Waals surface area contributed by atoms with Gasteiger partial charge < -0.3 is 15.5 Å². The van der Waals surface area contributed by atoms with Gasteiger partial charge in [-0.3, -0.25) is 24.2 Å². The predicted octanol–water partition coefficient (Wildman–Crippen LogP) is 2.67. The summed E-state index contributed by atoms with van der Waals surface area (Å²) >= 11 is 0. The molecule has 1 fully saturated rings. The lowest BCUT2D eigenvalue weighted by molar-refractivity contribution is -0.145. The van der Waals surface area contributed by atoms with Gasteiger partial charge in [0.25, 0.3) is 5.91 Å². The molecule has 1 saturated carbocycles. The van der Waals surface area contributed by atoms with Crippen LogP contribution in [-0.2, 0) is 32.1 Å². The molecule has 1 aliphatic carbocycles. The number of carbonyl (C=O) groups excluding carboxylic acids is 4. The summed E-state index contributed by atoms with van der Waals surface area (Å²) in [7, 11) is 1.44. The standard InChI is InChI=1S/C27H32F2N4O4/c1-18(33(2)26(37)20-11-13-27(28,29)14-12-20)24(35)32-22(16-19-8-4-3-5-9-19)23(34)25(36)31-17-21-10-6-7-15-30-21/h3-10,15,18,20,22H,11-14,16-17H2,1-2H3,(H,31,36)(H,32,35)/t18-,22-/m1/s1. The van der Waals surface area contributed by atoms with Gasteiger partial charge in [-0.25, -0.2) is 8.78 Å². The number of aromatic nitrogens is 1. The molecule has 0 spiro atoms. The second-order valence-electron chi connectivity index (χ2n) is 9.37. The van der Waals surface area contributed by atoms with Gasteiger partial charge in [-0.2, -0.15) is 0 Å². The summed E-state index contributed by atoms with van der Waals surface area (Å²) in [6.45, 7) is 1.54. The van der Waals surface area contributed by atoms with Crippen LogP contribution in [0.25, 0.3) is 0 Å². The van der Waals surface area contributed by atoms with Gasteiger partial charge in [0.2, 0.25) is 23.5 Å². The number of rotatable bonds is 10. The molecule has 1 aliphatic rings. The topological polar surface area (TPSA) is 108 Å². The number of amides is 3. The number of hydrogen-bond donors (Lipinski definition) is 2. The molecule has 3 rings (SSSR count). The Balaban J connectivity index is 1.66.